The van der Waals surface area contributed by atoms with Crippen molar-refractivity contribution in [2.24, 2.45) is 0 Å². The molecule has 1 atom stereocenters. The number of cyclic esters (lactones) is 1. The van der Waals surface area contributed by atoms with Crippen LogP contribution in [0.3, 0.4) is 0 Å². The number of benzene rings is 1. The predicted molar refractivity (Wildman–Crippen MR) is 65.8 cm³/mol. The maximum absolute atomic E-state index is 13.8. The van der Waals surface area contributed by atoms with Crippen molar-refractivity contribution in [3.05, 3.63) is 23.3 Å². The Balaban J connectivity index is 2.25. The molecule has 1 saturated heterocycles. The molecule has 1 aromatic heterocycles. The molecule has 0 saturated carbocycles. The van der Waals surface area contributed by atoms with Crippen LogP contribution >= 0.6 is 0 Å². The number of nitrogens with zero attached hydrogens (tertiary/aromatic N) is 2. The number of carbonyl (C=O) groups excluding carboxylic acids is 2. The first-order chi connectivity index (χ1) is 10.1. The summed E-state index contributed by atoms with van der Waals surface area (Å²) < 4.78 is 36.8. The van der Waals surface area contributed by atoms with Gasteiger partial charge in [-0.25, -0.2) is 14.1 Å². The molecule has 1 aliphatic rings. The Morgan fingerprint density at radius 2 is 2.24 bits per heavy atom. The van der Waals surface area contributed by atoms with Crippen molar-refractivity contribution >= 4 is 29.2 Å². The number of halogens is 2. The molecule has 0 N–H and O–H groups in total. The van der Waals surface area contributed by atoms with E-state index in [-0.39, 0.29) is 24.1 Å². The summed E-state index contributed by atoms with van der Waals surface area (Å²) in [5.41, 5.74) is -1.03. The Kier molecular flexibility index (Phi) is 2.83. The molecular weight excluding hydrogens is 286 g/mol. The van der Waals surface area contributed by atoms with Crippen LogP contribution < -0.4 is 4.90 Å². The van der Waals surface area contributed by atoms with E-state index in [9.17, 15) is 18.4 Å². The van der Waals surface area contributed by atoms with Gasteiger partial charge in [0.2, 0.25) is 11.4 Å². The third-order valence-electron chi connectivity index (χ3n) is 3.07. The minimum Gasteiger partial charge on any atom is -0.446 e. The van der Waals surface area contributed by atoms with Crippen molar-refractivity contribution in [1.82, 2.24) is 5.16 Å². The maximum Gasteiger partial charge on any atom is 0.416 e. The predicted octanol–water partition coefficient (Wildman–Crippen LogP) is 1.88. The highest BCUT2D eigenvalue weighted by molar-refractivity contribution is 6.01. The zero-order chi connectivity index (χ0) is 15.1. The number of aromatic nitrogens is 1. The molecule has 0 aliphatic carbocycles. The first-order valence-electron chi connectivity index (χ1n) is 5.73. The Bertz CT molecular complexity index is 809. The van der Waals surface area contributed by atoms with Gasteiger partial charge in [0.1, 0.15) is 12.6 Å². The number of terminal acetylenes is 1. The highest BCUT2D eigenvalue weighted by Crippen LogP contribution is 2.33. The minimum absolute atomic E-state index is 0.0462. The summed E-state index contributed by atoms with van der Waals surface area (Å²) in [5.74, 6) is -0.526. The number of ether oxygens (including phenoxy) is 1. The van der Waals surface area contributed by atoms with Gasteiger partial charge >= 0.3 is 6.09 Å². The van der Waals surface area contributed by atoms with Crippen LogP contribution in [0.2, 0.25) is 0 Å². The SMILES string of the molecule is C#CC1COC(=O)N1c1noc2c(F)c(F)c(C=O)cc12. The highest BCUT2D eigenvalue weighted by Gasteiger charge is 2.37. The van der Waals surface area contributed by atoms with Crippen LogP contribution in [0.4, 0.5) is 19.4 Å². The lowest BCUT2D eigenvalue weighted by molar-refractivity contribution is 0.111. The molecule has 0 radical (unpaired) electrons. The van der Waals surface area contributed by atoms with Gasteiger partial charge in [0.05, 0.1) is 10.9 Å². The van der Waals surface area contributed by atoms with E-state index in [4.69, 9.17) is 15.7 Å². The summed E-state index contributed by atoms with van der Waals surface area (Å²) >= 11 is 0. The highest BCUT2D eigenvalue weighted by atomic mass is 19.2. The monoisotopic (exact) mass is 292 g/mol. The second kappa shape index (κ2) is 4.56. The summed E-state index contributed by atoms with van der Waals surface area (Å²) in [5, 5.41) is 3.49. The molecule has 21 heavy (non-hydrogen) atoms. The van der Waals surface area contributed by atoms with Crippen molar-refractivity contribution in [3.63, 3.8) is 0 Å². The van der Waals surface area contributed by atoms with Gasteiger partial charge in [0.15, 0.2) is 17.9 Å². The molecule has 1 fully saturated rings. The molecular formula is C13H6F2N2O4. The van der Waals surface area contributed by atoms with Crippen molar-refractivity contribution in [3.8, 4) is 12.3 Å². The smallest absolute Gasteiger partial charge is 0.416 e. The summed E-state index contributed by atoms with van der Waals surface area (Å²) in [6.07, 6.45) is 4.64. The first kappa shape index (κ1) is 13.1. The molecule has 1 aromatic carbocycles. The lowest BCUT2D eigenvalue weighted by Gasteiger charge is -2.13. The van der Waals surface area contributed by atoms with Gasteiger partial charge in [-0.1, -0.05) is 11.1 Å². The fourth-order valence-electron chi connectivity index (χ4n) is 2.06. The quantitative estimate of drug-likeness (QED) is 0.624. The number of fused-ring (bicyclic) bond motifs is 1. The first-order valence-corrected chi connectivity index (χ1v) is 5.73. The van der Waals surface area contributed by atoms with Crippen molar-refractivity contribution in [2.45, 2.75) is 6.04 Å². The number of hydrogen-bond donors (Lipinski definition) is 0. The average Bonchev–Trinajstić information content (AvgIpc) is 3.05. The lowest BCUT2D eigenvalue weighted by atomic mass is 10.1. The molecule has 0 bridgehead atoms. The van der Waals surface area contributed by atoms with E-state index < -0.39 is 34.9 Å². The third-order valence-corrected chi connectivity index (χ3v) is 3.07. The molecule has 2 aromatic rings. The van der Waals surface area contributed by atoms with E-state index in [1.54, 1.807) is 0 Å². The molecule has 6 nitrogen and oxygen atoms in total. The van der Waals surface area contributed by atoms with E-state index in [0.717, 1.165) is 11.0 Å². The van der Waals surface area contributed by atoms with Crippen LogP contribution in [-0.2, 0) is 4.74 Å². The van der Waals surface area contributed by atoms with Gasteiger partial charge < -0.3 is 9.26 Å². The van der Waals surface area contributed by atoms with Gasteiger partial charge in [-0.3, -0.25) is 4.79 Å². The molecule has 3 rings (SSSR count). The van der Waals surface area contributed by atoms with Gasteiger partial charge in [0.25, 0.3) is 0 Å². The molecule has 8 heteroatoms. The van der Waals surface area contributed by atoms with Crippen molar-refractivity contribution in [2.75, 3.05) is 11.5 Å². The summed E-state index contributed by atoms with van der Waals surface area (Å²) in [6.45, 7) is -0.0616. The van der Waals surface area contributed by atoms with Crippen LogP contribution in [0.5, 0.6) is 0 Å². The molecule has 1 unspecified atom stereocenters. The number of carbonyl (C=O) groups is 2. The average molecular weight is 292 g/mol. The Labute approximate surface area is 116 Å². The van der Waals surface area contributed by atoms with E-state index >= 15 is 0 Å². The minimum atomic E-state index is -1.36. The number of anilines is 1. The Morgan fingerprint density at radius 1 is 1.48 bits per heavy atom. The van der Waals surface area contributed by atoms with Gasteiger partial charge in [0, 0.05) is 0 Å². The van der Waals surface area contributed by atoms with E-state index in [1.807, 2.05) is 0 Å². The van der Waals surface area contributed by atoms with Crippen LogP contribution in [0.15, 0.2) is 10.6 Å². The Morgan fingerprint density at radius 3 is 2.90 bits per heavy atom. The molecule has 1 amide bonds. The zero-order valence-corrected chi connectivity index (χ0v) is 10.3. The van der Waals surface area contributed by atoms with Crippen LogP contribution in [0.1, 0.15) is 10.4 Å². The van der Waals surface area contributed by atoms with E-state index in [1.165, 1.54) is 0 Å². The topological polar surface area (TPSA) is 72.6 Å². The summed E-state index contributed by atoms with van der Waals surface area (Å²) in [6, 6.07) is 0.282. The fraction of sp³-hybridized carbons (Fsp3) is 0.154. The number of rotatable bonds is 2. The normalized spacial score (nSPS) is 17.9. The van der Waals surface area contributed by atoms with Crippen molar-refractivity contribution < 1.29 is 27.6 Å². The number of amides is 1. The van der Waals surface area contributed by atoms with Crippen LogP contribution in [0.25, 0.3) is 11.0 Å². The summed E-state index contributed by atoms with van der Waals surface area (Å²) in [7, 11) is 0. The summed E-state index contributed by atoms with van der Waals surface area (Å²) in [4.78, 5) is 23.4. The van der Waals surface area contributed by atoms with Crippen LogP contribution in [0, 0.1) is 24.0 Å². The van der Waals surface area contributed by atoms with Crippen LogP contribution in [-0.4, -0.2) is 30.2 Å². The fourth-order valence-corrected chi connectivity index (χ4v) is 2.06. The van der Waals surface area contributed by atoms with E-state index in [2.05, 4.69) is 11.1 Å². The van der Waals surface area contributed by atoms with Gasteiger partial charge in [-0.2, -0.15) is 4.39 Å². The van der Waals surface area contributed by atoms with Crippen molar-refractivity contribution in [1.29, 1.82) is 0 Å². The number of hydrogen-bond acceptors (Lipinski definition) is 5. The molecule has 1 aliphatic heterocycles. The lowest BCUT2D eigenvalue weighted by Crippen LogP contribution is -2.32. The second-order valence-electron chi connectivity index (χ2n) is 4.22. The largest absolute Gasteiger partial charge is 0.446 e. The standard InChI is InChI=1S/C13H6F2N2O4/c1-2-7-5-20-13(19)17(7)12-8-3-6(4-18)9(14)10(15)11(8)21-16-12/h1,3-4,7H,5H2. The molecule has 2 heterocycles. The Hall–Kier alpha value is -2.95. The zero-order valence-electron chi connectivity index (χ0n) is 10.3. The number of aldehydes is 1. The molecule has 106 valence electrons. The third kappa shape index (κ3) is 1.74. The second-order valence-corrected chi connectivity index (χ2v) is 4.22. The maximum atomic E-state index is 13.8. The van der Waals surface area contributed by atoms with E-state index in [0.29, 0.717) is 0 Å². The van der Waals surface area contributed by atoms with Gasteiger partial charge in [-0.05, 0) is 6.07 Å². The van der Waals surface area contributed by atoms with Gasteiger partial charge in [-0.15, -0.1) is 6.42 Å². The molecule has 0 spiro atoms.